The summed E-state index contributed by atoms with van der Waals surface area (Å²) in [6.07, 6.45) is -1.95. The fourth-order valence-electron chi connectivity index (χ4n) is 1.99. The van der Waals surface area contributed by atoms with Crippen molar-refractivity contribution in [3.8, 4) is 5.75 Å². The number of amides is 3. The van der Waals surface area contributed by atoms with E-state index in [1.165, 1.54) is 17.5 Å². The number of aliphatic carboxylic acids is 1. The summed E-state index contributed by atoms with van der Waals surface area (Å²) in [5, 5.41) is 9.77. The summed E-state index contributed by atoms with van der Waals surface area (Å²) < 4.78 is 37.3. The van der Waals surface area contributed by atoms with Crippen LogP contribution in [0.5, 0.6) is 5.75 Å². The first kappa shape index (κ1) is 27.0. The minimum Gasteiger partial charge on any atom is -0.492 e. The molecule has 1 aromatic rings. The highest BCUT2D eigenvalue weighted by molar-refractivity contribution is 5.82. The predicted octanol–water partition coefficient (Wildman–Crippen LogP) is 1.11. The number of aryl methyl sites for hydroxylation is 1. The van der Waals surface area contributed by atoms with Gasteiger partial charge in [0.1, 0.15) is 18.9 Å². The summed E-state index contributed by atoms with van der Waals surface area (Å²) in [5.41, 5.74) is 11.8. The monoisotopic (exact) mass is 436 g/mol. The molecule has 0 heterocycles. The summed E-state index contributed by atoms with van der Waals surface area (Å²) >= 11 is 0. The molecule has 3 amide bonds. The van der Waals surface area contributed by atoms with Crippen LogP contribution in [0.1, 0.15) is 18.4 Å². The molecule has 0 atom stereocenters. The highest BCUT2D eigenvalue weighted by Crippen LogP contribution is 2.14. The summed E-state index contributed by atoms with van der Waals surface area (Å²) in [5.74, 6) is -2.55. The molecule has 0 spiro atoms. The van der Waals surface area contributed by atoms with Gasteiger partial charge in [-0.25, -0.2) is 9.59 Å². The number of nitrogens with zero attached hydrogens (tertiary/aromatic N) is 1. The van der Waals surface area contributed by atoms with E-state index in [2.05, 4.69) is 5.32 Å². The van der Waals surface area contributed by atoms with Gasteiger partial charge >= 0.3 is 18.2 Å². The molecule has 0 aliphatic carbocycles. The number of primary amides is 1. The molecular weight excluding hydrogens is 409 g/mol. The Balaban J connectivity index is 0.00000103. The Morgan fingerprint density at radius 2 is 1.73 bits per heavy atom. The van der Waals surface area contributed by atoms with Crippen molar-refractivity contribution in [2.75, 3.05) is 33.3 Å². The standard InChI is InChI=1S/C16H26N4O3.C2HF3O2/c1-20(12-15(18)21)16(22)19-10-11-23-14-7-5-13(6-8-14)4-2-3-9-17;3-2(4,5)1(6)7/h5-8H,2-4,9-12,17H2,1H3,(H2,18,21)(H,19,22);(H,6,7). The fraction of sp³-hybridized carbons (Fsp3) is 0.500. The van der Waals surface area contributed by atoms with E-state index in [-0.39, 0.29) is 12.6 Å². The zero-order valence-corrected chi connectivity index (χ0v) is 16.6. The molecule has 0 radical (unpaired) electrons. The lowest BCUT2D eigenvalue weighted by molar-refractivity contribution is -0.192. The van der Waals surface area contributed by atoms with E-state index in [0.29, 0.717) is 13.2 Å². The van der Waals surface area contributed by atoms with Crippen LogP contribution in [0.4, 0.5) is 18.0 Å². The van der Waals surface area contributed by atoms with Crippen LogP contribution in [-0.4, -0.2) is 67.4 Å². The molecule has 0 fully saturated rings. The van der Waals surface area contributed by atoms with E-state index in [9.17, 15) is 22.8 Å². The van der Waals surface area contributed by atoms with Crippen molar-refractivity contribution in [1.29, 1.82) is 0 Å². The second-order valence-corrected chi connectivity index (χ2v) is 6.10. The van der Waals surface area contributed by atoms with Crippen LogP contribution >= 0.6 is 0 Å². The van der Waals surface area contributed by atoms with E-state index >= 15 is 0 Å². The number of ether oxygens (including phenoxy) is 1. The first-order valence-electron chi connectivity index (χ1n) is 8.96. The third kappa shape index (κ3) is 13.2. The molecule has 0 saturated heterocycles. The molecule has 12 heteroatoms. The molecule has 30 heavy (non-hydrogen) atoms. The topological polar surface area (TPSA) is 148 Å². The van der Waals surface area contributed by atoms with Gasteiger partial charge in [-0.2, -0.15) is 13.2 Å². The van der Waals surface area contributed by atoms with Crippen molar-refractivity contribution >= 4 is 17.9 Å². The van der Waals surface area contributed by atoms with Crippen LogP contribution in [-0.2, 0) is 16.0 Å². The van der Waals surface area contributed by atoms with Gasteiger partial charge in [0, 0.05) is 7.05 Å². The van der Waals surface area contributed by atoms with Gasteiger partial charge in [-0.1, -0.05) is 12.1 Å². The highest BCUT2D eigenvalue weighted by Gasteiger charge is 2.38. The van der Waals surface area contributed by atoms with E-state index in [1.807, 2.05) is 24.3 Å². The highest BCUT2D eigenvalue weighted by atomic mass is 19.4. The SMILES string of the molecule is CN(CC(N)=O)C(=O)NCCOc1ccc(CCCCN)cc1.O=C(O)C(F)(F)F. The van der Waals surface area contributed by atoms with E-state index in [0.717, 1.165) is 31.6 Å². The van der Waals surface area contributed by atoms with Gasteiger partial charge in [0.2, 0.25) is 5.91 Å². The minimum atomic E-state index is -5.08. The lowest BCUT2D eigenvalue weighted by atomic mass is 10.1. The van der Waals surface area contributed by atoms with Crippen molar-refractivity contribution in [3.63, 3.8) is 0 Å². The van der Waals surface area contributed by atoms with Crippen molar-refractivity contribution in [2.45, 2.75) is 25.4 Å². The third-order valence-corrected chi connectivity index (χ3v) is 3.47. The Hall–Kier alpha value is -3.02. The van der Waals surface area contributed by atoms with E-state index in [1.54, 1.807) is 0 Å². The number of rotatable bonds is 10. The second-order valence-electron chi connectivity index (χ2n) is 6.10. The van der Waals surface area contributed by atoms with Gasteiger partial charge in [0.05, 0.1) is 6.54 Å². The predicted molar refractivity (Wildman–Crippen MR) is 103 cm³/mol. The number of carbonyl (C=O) groups excluding carboxylic acids is 2. The summed E-state index contributed by atoms with van der Waals surface area (Å²) in [6, 6.07) is 7.54. The Kier molecular flexibility index (Phi) is 12.6. The molecule has 0 saturated carbocycles. The fourth-order valence-corrected chi connectivity index (χ4v) is 1.99. The van der Waals surface area contributed by atoms with Crippen LogP contribution in [0.2, 0.25) is 0 Å². The maximum absolute atomic E-state index is 11.6. The normalized spacial score (nSPS) is 10.4. The van der Waals surface area contributed by atoms with Gasteiger partial charge in [0.15, 0.2) is 0 Å². The van der Waals surface area contributed by atoms with E-state index < -0.39 is 18.1 Å². The smallest absolute Gasteiger partial charge is 0.490 e. The Morgan fingerprint density at radius 3 is 2.20 bits per heavy atom. The molecule has 6 N–H and O–H groups in total. The van der Waals surface area contributed by atoms with Crippen molar-refractivity contribution in [3.05, 3.63) is 29.8 Å². The molecule has 1 rings (SSSR count). The Labute approximate surface area is 172 Å². The largest absolute Gasteiger partial charge is 0.492 e. The Bertz CT molecular complexity index is 669. The van der Waals surface area contributed by atoms with Crippen LogP contribution < -0.4 is 21.5 Å². The molecule has 0 bridgehead atoms. The first-order valence-corrected chi connectivity index (χ1v) is 8.96. The number of carboxylic acids is 1. The number of halogens is 3. The van der Waals surface area contributed by atoms with Crippen molar-refractivity contribution < 1.29 is 37.4 Å². The average Bonchev–Trinajstić information content (AvgIpc) is 2.65. The van der Waals surface area contributed by atoms with Gasteiger partial charge in [-0.3, -0.25) is 4.79 Å². The van der Waals surface area contributed by atoms with Crippen LogP contribution in [0.3, 0.4) is 0 Å². The number of urea groups is 1. The van der Waals surface area contributed by atoms with Crippen LogP contribution in [0, 0.1) is 0 Å². The lowest BCUT2D eigenvalue weighted by Gasteiger charge is -2.16. The zero-order valence-electron chi connectivity index (χ0n) is 16.6. The Morgan fingerprint density at radius 1 is 1.17 bits per heavy atom. The number of alkyl halides is 3. The molecule has 170 valence electrons. The maximum Gasteiger partial charge on any atom is 0.490 e. The summed E-state index contributed by atoms with van der Waals surface area (Å²) in [7, 11) is 1.50. The van der Waals surface area contributed by atoms with E-state index in [4.69, 9.17) is 26.1 Å². The maximum atomic E-state index is 11.6. The van der Waals surface area contributed by atoms with Gasteiger partial charge in [0.25, 0.3) is 0 Å². The summed E-state index contributed by atoms with van der Waals surface area (Å²) in [4.78, 5) is 32.4. The van der Waals surface area contributed by atoms with Gasteiger partial charge < -0.3 is 31.5 Å². The quantitative estimate of drug-likeness (QED) is 0.404. The lowest BCUT2D eigenvalue weighted by Crippen LogP contribution is -2.43. The average molecular weight is 436 g/mol. The summed E-state index contributed by atoms with van der Waals surface area (Å²) in [6.45, 7) is 1.31. The number of carbonyl (C=O) groups is 3. The molecule has 0 aromatic heterocycles. The van der Waals surface area contributed by atoms with Crippen molar-refractivity contribution in [1.82, 2.24) is 10.2 Å². The zero-order chi connectivity index (χ0) is 23.2. The molecule has 0 aliphatic heterocycles. The first-order chi connectivity index (χ1) is 14.0. The number of likely N-dealkylation sites (N-methyl/N-ethyl adjacent to an activating group) is 1. The number of carboxylic acid groups (broad SMARTS) is 1. The van der Waals surface area contributed by atoms with Crippen LogP contribution in [0.25, 0.3) is 0 Å². The third-order valence-electron chi connectivity index (χ3n) is 3.47. The number of unbranched alkanes of at least 4 members (excludes halogenated alkanes) is 1. The number of benzene rings is 1. The number of hydrogen-bond acceptors (Lipinski definition) is 5. The minimum absolute atomic E-state index is 0.113. The number of nitrogens with two attached hydrogens (primary N) is 2. The molecule has 0 unspecified atom stereocenters. The number of nitrogens with one attached hydrogen (secondary N) is 1. The second kappa shape index (κ2) is 14.0. The molecular formula is C18H27F3N4O5. The van der Waals surface area contributed by atoms with Crippen molar-refractivity contribution in [2.24, 2.45) is 11.5 Å². The molecule has 0 aliphatic rings. The number of hydrogen-bond donors (Lipinski definition) is 4. The molecule has 1 aromatic carbocycles. The van der Waals surface area contributed by atoms with Gasteiger partial charge in [-0.15, -0.1) is 0 Å². The van der Waals surface area contributed by atoms with Crippen LogP contribution in [0.15, 0.2) is 24.3 Å². The molecule has 9 nitrogen and oxygen atoms in total. The van der Waals surface area contributed by atoms with Gasteiger partial charge in [-0.05, 0) is 43.5 Å².